The lowest BCUT2D eigenvalue weighted by Gasteiger charge is -2.27. The van der Waals surface area contributed by atoms with Crippen LogP contribution in [0.5, 0.6) is 0 Å². The molecule has 0 N–H and O–H groups in total. The van der Waals surface area contributed by atoms with Crippen LogP contribution in [-0.2, 0) is 14.3 Å². The molecule has 1 unspecified atom stereocenters. The molecule has 0 spiro atoms. The SMILES string of the molecule is COC(=O)CC1=C/C=C\CC/C=C\1C1CCCCO1. The van der Waals surface area contributed by atoms with Crippen molar-refractivity contribution in [2.45, 2.75) is 44.6 Å². The highest BCUT2D eigenvalue weighted by molar-refractivity contribution is 5.74. The van der Waals surface area contributed by atoms with Gasteiger partial charge in [0.1, 0.15) is 0 Å². The third kappa shape index (κ3) is 4.06. The van der Waals surface area contributed by atoms with E-state index >= 15 is 0 Å². The fourth-order valence-electron chi connectivity index (χ4n) is 2.56. The molecule has 0 amide bonds. The minimum absolute atomic E-state index is 0.149. The zero-order chi connectivity index (χ0) is 13.5. The zero-order valence-corrected chi connectivity index (χ0v) is 11.6. The average Bonchev–Trinajstić information content (AvgIpc) is 2.43. The molecule has 0 aromatic rings. The standard InChI is InChI=1S/C16H22O3/c1-18-16(17)12-13-8-4-2-3-5-9-14(13)15-10-6-7-11-19-15/h2,4,8-9,15H,3,5-7,10-12H2,1H3/b4-2-,13-8-,14-9+. The van der Waals surface area contributed by atoms with Crippen molar-refractivity contribution in [2.75, 3.05) is 13.7 Å². The monoisotopic (exact) mass is 262 g/mol. The average molecular weight is 262 g/mol. The zero-order valence-electron chi connectivity index (χ0n) is 11.6. The maximum atomic E-state index is 11.6. The van der Waals surface area contributed by atoms with E-state index in [0.717, 1.165) is 37.9 Å². The predicted octanol–water partition coefficient (Wildman–Crippen LogP) is 3.32. The number of carbonyl (C=O) groups excluding carboxylic acids is 1. The van der Waals surface area contributed by atoms with Crippen LogP contribution in [0.4, 0.5) is 0 Å². The third-order valence-corrected chi connectivity index (χ3v) is 3.59. The summed E-state index contributed by atoms with van der Waals surface area (Å²) >= 11 is 0. The van der Waals surface area contributed by atoms with Crippen molar-refractivity contribution in [3.8, 4) is 0 Å². The second-order valence-electron chi connectivity index (χ2n) is 4.96. The van der Waals surface area contributed by atoms with Crippen molar-refractivity contribution in [3.05, 3.63) is 35.5 Å². The van der Waals surface area contributed by atoms with Gasteiger partial charge >= 0.3 is 5.97 Å². The molecule has 1 aliphatic carbocycles. The highest BCUT2D eigenvalue weighted by atomic mass is 16.5. The Morgan fingerprint density at radius 3 is 3.05 bits per heavy atom. The number of carbonyl (C=O) groups is 1. The van der Waals surface area contributed by atoms with Gasteiger partial charge in [-0.3, -0.25) is 4.79 Å². The van der Waals surface area contributed by atoms with Crippen molar-refractivity contribution in [2.24, 2.45) is 0 Å². The number of rotatable bonds is 3. The lowest BCUT2D eigenvalue weighted by Crippen LogP contribution is -2.23. The van der Waals surface area contributed by atoms with Gasteiger partial charge in [-0.1, -0.05) is 24.3 Å². The van der Waals surface area contributed by atoms with Crippen molar-refractivity contribution in [3.63, 3.8) is 0 Å². The molecule has 3 nitrogen and oxygen atoms in total. The van der Waals surface area contributed by atoms with Crippen LogP contribution >= 0.6 is 0 Å². The van der Waals surface area contributed by atoms with Crippen LogP contribution in [0, 0.1) is 0 Å². The van der Waals surface area contributed by atoms with Crippen LogP contribution in [0.3, 0.4) is 0 Å². The molecule has 104 valence electrons. The summed E-state index contributed by atoms with van der Waals surface area (Å²) in [5, 5.41) is 0. The number of hydrogen-bond donors (Lipinski definition) is 0. The van der Waals surface area contributed by atoms with Gasteiger partial charge in [0.2, 0.25) is 0 Å². The Balaban J connectivity index is 2.18. The highest BCUT2D eigenvalue weighted by Crippen LogP contribution is 2.28. The Morgan fingerprint density at radius 2 is 2.32 bits per heavy atom. The molecule has 2 aliphatic rings. The third-order valence-electron chi connectivity index (χ3n) is 3.59. The Bertz CT molecular complexity index is 398. The molecule has 0 aromatic carbocycles. The quantitative estimate of drug-likeness (QED) is 0.732. The molecule has 1 fully saturated rings. The minimum atomic E-state index is -0.193. The van der Waals surface area contributed by atoms with Crippen LogP contribution in [0.25, 0.3) is 0 Å². The van der Waals surface area contributed by atoms with Crippen LogP contribution in [0.15, 0.2) is 35.5 Å². The Labute approximate surface area is 115 Å². The molecular formula is C16H22O3. The van der Waals surface area contributed by atoms with E-state index in [0.29, 0.717) is 6.42 Å². The maximum Gasteiger partial charge on any atom is 0.309 e. The minimum Gasteiger partial charge on any atom is -0.469 e. The lowest BCUT2D eigenvalue weighted by atomic mass is 9.90. The van der Waals surface area contributed by atoms with E-state index in [4.69, 9.17) is 9.47 Å². The van der Waals surface area contributed by atoms with Gasteiger partial charge in [-0.05, 0) is 43.3 Å². The van der Waals surface area contributed by atoms with Gasteiger partial charge in [0.25, 0.3) is 0 Å². The van der Waals surface area contributed by atoms with Crippen LogP contribution < -0.4 is 0 Å². The second-order valence-corrected chi connectivity index (χ2v) is 4.96. The predicted molar refractivity (Wildman–Crippen MR) is 74.8 cm³/mol. The summed E-state index contributed by atoms with van der Waals surface area (Å²) in [6.07, 6.45) is 14.3. The van der Waals surface area contributed by atoms with Gasteiger partial charge in [0, 0.05) is 6.61 Å². The molecule has 2 rings (SSSR count). The van der Waals surface area contributed by atoms with Gasteiger partial charge in [0.15, 0.2) is 0 Å². The molecule has 1 saturated heterocycles. The van der Waals surface area contributed by atoms with Gasteiger partial charge in [-0.15, -0.1) is 0 Å². The Morgan fingerprint density at radius 1 is 1.42 bits per heavy atom. The first kappa shape index (κ1) is 14.1. The number of esters is 1. The van der Waals surface area contributed by atoms with Crippen molar-refractivity contribution >= 4 is 5.97 Å². The molecule has 1 heterocycles. The lowest BCUT2D eigenvalue weighted by molar-refractivity contribution is -0.139. The molecule has 0 saturated carbocycles. The first-order chi connectivity index (χ1) is 9.31. The Kier molecular flexibility index (Phi) is 5.40. The van der Waals surface area contributed by atoms with Crippen molar-refractivity contribution in [1.82, 2.24) is 0 Å². The summed E-state index contributed by atoms with van der Waals surface area (Å²) in [7, 11) is 1.43. The molecule has 0 radical (unpaired) electrons. The van der Waals surface area contributed by atoms with Gasteiger partial charge in [0.05, 0.1) is 19.6 Å². The van der Waals surface area contributed by atoms with E-state index in [-0.39, 0.29) is 12.1 Å². The van der Waals surface area contributed by atoms with E-state index in [2.05, 4.69) is 12.2 Å². The van der Waals surface area contributed by atoms with Crippen LogP contribution in [-0.4, -0.2) is 25.8 Å². The fraction of sp³-hybridized carbons (Fsp3) is 0.562. The molecule has 1 aliphatic heterocycles. The topological polar surface area (TPSA) is 35.5 Å². The summed E-state index contributed by atoms with van der Waals surface area (Å²) in [5.74, 6) is -0.193. The molecule has 19 heavy (non-hydrogen) atoms. The molecular weight excluding hydrogens is 240 g/mol. The van der Waals surface area contributed by atoms with E-state index in [1.54, 1.807) is 0 Å². The summed E-state index contributed by atoms with van der Waals surface area (Å²) < 4.78 is 10.7. The number of ether oxygens (including phenoxy) is 2. The summed E-state index contributed by atoms with van der Waals surface area (Å²) in [6.45, 7) is 0.823. The second kappa shape index (κ2) is 7.29. The summed E-state index contributed by atoms with van der Waals surface area (Å²) in [4.78, 5) is 11.6. The number of methoxy groups -OCH3 is 1. The number of allylic oxidation sites excluding steroid dienone is 4. The molecule has 0 aromatic heterocycles. The van der Waals surface area contributed by atoms with Crippen LogP contribution in [0.2, 0.25) is 0 Å². The fourth-order valence-corrected chi connectivity index (χ4v) is 2.56. The van der Waals surface area contributed by atoms with Crippen LogP contribution in [0.1, 0.15) is 38.5 Å². The summed E-state index contributed by atoms with van der Waals surface area (Å²) in [6, 6.07) is 0. The van der Waals surface area contributed by atoms with E-state index in [1.165, 1.54) is 19.1 Å². The number of hydrogen-bond acceptors (Lipinski definition) is 3. The van der Waals surface area contributed by atoms with Crippen molar-refractivity contribution < 1.29 is 14.3 Å². The van der Waals surface area contributed by atoms with E-state index in [1.807, 2.05) is 12.2 Å². The maximum absolute atomic E-state index is 11.6. The first-order valence-corrected chi connectivity index (χ1v) is 7.06. The Hall–Kier alpha value is -1.35. The van der Waals surface area contributed by atoms with E-state index < -0.39 is 0 Å². The van der Waals surface area contributed by atoms with Crippen molar-refractivity contribution in [1.29, 1.82) is 0 Å². The highest BCUT2D eigenvalue weighted by Gasteiger charge is 2.22. The molecule has 1 atom stereocenters. The van der Waals surface area contributed by atoms with E-state index in [9.17, 15) is 4.79 Å². The summed E-state index contributed by atoms with van der Waals surface area (Å²) in [5.41, 5.74) is 2.23. The largest absolute Gasteiger partial charge is 0.469 e. The van der Waals surface area contributed by atoms with Gasteiger partial charge in [-0.25, -0.2) is 0 Å². The molecule has 0 bridgehead atoms. The normalized spacial score (nSPS) is 31.1. The van der Waals surface area contributed by atoms with Gasteiger partial charge in [-0.2, -0.15) is 0 Å². The smallest absolute Gasteiger partial charge is 0.309 e. The molecule has 3 heteroatoms. The van der Waals surface area contributed by atoms with Gasteiger partial charge < -0.3 is 9.47 Å². The first-order valence-electron chi connectivity index (χ1n) is 7.06.